The van der Waals surface area contributed by atoms with E-state index < -0.39 is 0 Å². The zero-order valence-electron chi connectivity index (χ0n) is 34.9. The molecule has 4 nitrogen and oxygen atoms in total. The van der Waals surface area contributed by atoms with Crippen molar-refractivity contribution in [1.82, 2.24) is 4.57 Å². The van der Waals surface area contributed by atoms with Gasteiger partial charge < -0.3 is 18.3 Å². The van der Waals surface area contributed by atoms with E-state index in [9.17, 15) is 0 Å². The van der Waals surface area contributed by atoms with Gasteiger partial charge in [-0.05, 0) is 96.1 Å². The Kier molecular flexibility index (Phi) is 7.82. The molecule has 0 aliphatic heterocycles. The summed E-state index contributed by atoms with van der Waals surface area (Å²) in [4.78, 5) is 2.40. The summed E-state index contributed by atoms with van der Waals surface area (Å²) in [5.74, 6) is 0. The van der Waals surface area contributed by atoms with Crippen molar-refractivity contribution in [2.45, 2.75) is 0 Å². The number of fused-ring (bicyclic) bond motifs is 12. The zero-order valence-corrected chi connectivity index (χ0v) is 35.7. The number of anilines is 3. The lowest BCUT2D eigenvalue weighted by Gasteiger charge is -2.29. The fourth-order valence-electron chi connectivity index (χ4n) is 10.3. The molecule has 4 heterocycles. The maximum Gasteiger partial charge on any atom is 0.145 e. The van der Waals surface area contributed by atoms with Gasteiger partial charge in [0, 0.05) is 75.7 Å². The predicted octanol–water partition coefficient (Wildman–Crippen LogP) is 17.8. The number of hydrogen-bond acceptors (Lipinski definition) is 4. The fraction of sp³-hybridized carbons (Fsp3) is 0. The van der Waals surface area contributed by atoms with E-state index in [1.54, 1.807) is 0 Å². The summed E-state index contributed by atoms with van der Waals surface area (Å²) in [5.41, 5.74) is 14.3. The Morgan fingerprint density at radius 2 is 1.02 bits per heavy atom. The largest absolute Gasteiger partial charge is 0.456 e. The van der Waals surface area contributed by atoms with Crippen LogP contribution < -0.4 is 4.90 Å². The second-order valence-electron chi connectivity index (χ2n) is 16.8. The van der Waals surface area contributed by atoms with Crippen molar-refractivity contribution in [1.29, 1.82) is 0 Å². The van der Waals surface area contributed by atoms with Crippen molar-refractivity contribution in [3.05, 3.63) is 218 Å². The predicted molar refractivity (Wildman–Crippen MR) is 274 cm³/mol. The molecule has 0 fully saturated rings. The summed E-state index contributed by atoms with van der Waals surface area (Å²) in [6.07, 6.45) is 0. The Morgan fingerprint density at radius 1 is 0.369 bits per heavy atom. The first kappa shape index (κ1) is 36.1. The fourth-order valence-corrected chi connectivity index (χ4v) is 11.4. The van der Waals surface area contributed by atoms with Gasteiger partial charge >= 0.3 is 0 Å². The van der Waals surface area contributed by atoms with Gasteiger partial charge in [-0.15, -0.1) is 11.3 Å². The van der Waals surface area contributed by atoms with Crippen molar-refractivity contribution in [2.24, 2.45) is 0 Å². The topological polar surface area (TPSA) is 34.5 Å². The van der Waals surface area contributed by atoms with Crippen molar-refractivity contribution in [3.8, 4) is 27.9 Å². The molecule has 0 saturated heterocycles. The van der Waals surface area contributed by atoms with Crippen LogP contribution >= 0.6 is 11.3 Å². The van der Waals surface area contributed by atoms with Gasteiger partial charge in [0.2, 0.25) is 0 Å². The van der Waals surface area contributed by atoms with Crippen LogP contribution in [0.15, 0.2) is 227 Å². The van der Waals surface area contributed by atoms with Crippen LogP contribution in [0, 0.1) is 0 Å². The lowest BCUT2D eigenvalue weighted by atomic mass is 9.97. The van der Waals surface area contributed by atoms with Gasteiger partial charge in [0.25, 0.3) is 0 Å². The first-order valence-corrected chi connectivity index (χ1v) is 22.8. The molecule has 5 heteroatoms. The van der Waals surface area contributed by atoms with E-state index in [1.165, 1.54) is 42.0 Å². The highest BCUT2D eigenvalue weighted by atomic mass is 32.1. The number of para-hydroxylation sites is 5. The Bertz CT molecular complexity index is 4170. The Morgan fingerprint density at radius 3 is 1.85 bits per heavy atom. The molecule has 304 valence electrons. The highest BCUT2D eigenvalue weighted by Crippen LogP contribution is 2.50. The molecular formula is C60H36N2O2S. The average Bonchev–Trinajstić information content (AvgIpc) is 4.13. The van der Waals surface area contributed by atoms with E-state index in [-0.39, 0.29) is 0 Å². The number of benzene rings is 10. The number of hydrogen-bond donors (Lipinski definition) is 0. The van der Waals surface area contributed by atoms with E-state index in [0.29, 0.717) is 0 Å². The third-order valence-corrected chi connectivity index (χ3v) is 14.3. The normalized spacial score (nSPS) is 12.0. The Hall–Kier alpha value is -8.38. The van der Waals surface area contributed by atoms with Crippen molar-refractivity contribution >= 4 is 114 Å². The summed E-state index contributed by atoms with van der Waals surface area (Å²) in [6, 6.07) is 78.5. The van der Waals surface area contributed by atoms with Crippen LogP contribution in [-0.4, -0.2) is 4.57 Å². The summed E-state index contributed by atoms with van der Waals surface area (Å²) in [5, 5.41) is 9.31. The van der Waals surface area contributed by atoms with Gasteiger partial charge in [-0.25, -0.2) is 0 Å². The highest BCUT2D eigenvalue weighted by Gasteiger charge is 2.25. The number of nitrogens with zero attached hydrogens (tertiary/aromatic N) is 2. The second kappa shape index (κ2) is 14.1. The van der Waals surface area contributed by atoms with Crippen LogP contribution in [0.5, 0.6) is 0 Å². The number of aromatic nitrogens is 1. The van der Waals surface area contributed by atoms with E-state index in [2.05, 4.69) is 216 Å². The molecule has 0 N–H and O–H groups in total. The molecule has 10 aromatic carbocycles. The number of thiophene rings is 1. The molecule has 4 aromatic heterocycles. The second-order valence-corrected chi connectivity index (χ2v) is 17.9. The third kappa shape index (κ3) is 5.49. The molecule has 0 amide bonds. The maximum absolute atomic E-state index is 7.03. The van der Waals surface area contributed by atoms with Crippen molar-refractivity contribution in [3.63, 3.8) is 0 Å². The Labute approximate surface area is 377 Å². The maximum atomic E-state index is 7.03. The minimum atomic E-state index is 0.835. The highest BCUT2D eigenvalue weighted by molar-refractivity contribution is 7.25. The first-order chi connectivity index (χ1) is 32.2. The molecular weight excluding hydrogens is 813 g/mol. The summed E-state index contributed by atoms with van der Waals surface area (Å²) >= 11 is 1.84. The SMILES string of the molecule is c1cc(-c2ccc(N(c3ccc4c(c3)oc3ccccc34)c3ccccc3-c3ccc4sc5ccccc5c4c3)c3c2oc2ccccc23)cc(-n2c3ccccc3c3ccccc32)c1. The van der Waals surface area contributed by atoms with E-state index in [0.717, 1.165) is 88.9 Å². The van der Waals surface area contributed by atoms with E-state index in [4.69, 9.17) is 8.83 Å². The molecule has 0 atom stereocenters. The van der Waals surface area contributed by atoms with Crippen molar-refractivity contribution in [2.75, 3.05) is 4.90 Å². The quantitative estimate of drug-likeness (QED) is 0.167. The van der Waals surface area contributed by atoms with Crippen LogP contribution in [0.1, 0.15) is 0 Å². The minimum absolute atomic E-state index is 0.835. The van der Waals surface area contributed by atoms with Crippen molar-refractivity contribution < 1.29 is 8.83 Å². The van der Waals surface area contributed by atoms with Gasteiger partial charge in [0.15, 0.2) is 0 Å². The molecule has 0 bridgehead atoms. The molecule has 0 aliphatic carbocycles. The van der Waals surface area contributed by atoms with Crippen LogP contribution in [0.2, 0.25) is 0 Å². The van der Waals surface area contributed by atoms with Crippen LogP contribution in [0.4, 0.5) is 17.1 Å². The summed E-state index contributed by atoms with van der Waals surface area (Å²) in [7, 11) is 0. The zero-order chi connectivity index (χ0) is 42.6. The Balaban J connectivity index is 1.02. The van der Waals surface area contributed by atoms with Gasteiger partial charge in [-0.1, -0.05) is 127 Å². The standard InChI is InChI=1S/C60H36N2O2S/c1-7-22-50(41(16-1)38-28-33-58-49(35-38)47-20-6-12-27-57(47)65-58)62(40-29-30-46-45-19-4-10-25-54(45)63-56(46)36-40)53-32-31-42(60-59(53)48-21-5-11-26-55(48)64-60)37-14-13-15-39(34-37)61-51-23-8-2-17-43(51)44-18-3-9-24-52(44)61/h1-36H. The molecule has 0 spiro atoms. The van der Waals surface area contributed by atoms with Crippen LogP contribution in [-0.2, 0) is 0 Å². The molecule has 14 rings (SSSR count). The van der Waals surface area contributed by atoms with Crippen LogP contribution in [0.25, 0.3) is 114 Å². The molecule has 14 aromatic rings. The lowest BCUT2D eigenvalue weighted by Crippen LogP contribution is -2.11. The molecule has 0 unspecified atom stereocenters. The number of rotatable bonds is 6. The van der Waals surface area contributed by atoms with Crippen LogP contribution in [0.3, 0.4) is 0 Å². The summed E-state index contributed by atoms with van der Waals surface area (Å²) in [6.45, 7) is 0. The third-order valence-electron chi connectivity index (χ3n) is 13.2. The molecule has 0 saturated carbocycles. The van der Waals surface area contributed by atoms with Gasteiger partial charge in [-0.2, -0.15) is 0 Å². The lowest BCUT2D eigenvalue weighted by molar-refractivity contribution is 0.669. The summed E-state index contributed by atoms with van der Waals surface area (Å²) < 4.78 is 18.6. The smallest absolute Gasteiger partial charge is 0.145 e. The van der Waals surface area contributed by atoms with E-state index in [1.807, 2.05) is 23.5 Å². The van der Waals surface area contributed by atoms with Gasteiger partial charge in [0.05, 0.1) is 27.8 Å². The minimum Gasteiger partial charge on any atom is -0.456 e. The molecule has 0 radical (unpaired) electrons. The number of furan rings is 2. The molecule has 0 aliphatic rings. The monoisotopic (exact) mass is 848 g/mol. The van der Waals surface area contributed by atoms with Gasteiger partial charge in [-0.3, -0.25) is 0 Å². The van der Waals surface area contributed by atoms with Gasteiger partial charge in [0.1, 0.15) is 22.3 Å². The average molecular weight is 849 g/mol. The van der Waals surface area contributed by atoms with E-state index >= 15 is 0 Å². The molecule has 65 heavy (non-hydrogen) atoms. The first-order valence-electron chi connectivity index (χ1n) is 22.0.